The van der Waals surface area contributed by atoms with Crippen LogP contribution in [0.1, 0.15) is 18.2 Å². The van der Waals surface area contributed by atoms with E-state index in [0.717, 1.165) is 0 Å². The van der Waals surface area contributed by atoms with E-state index >= 15 is 0 Å². The van der Waals surface area contributed by atoms with Crippen molar-refractivity contribution in [1.29, 1.82) is 0 Å². The normalized spacial score (nSPS) is 12.9. The number of rotatable bonds is 3. The summed E-state index contributed by atoms with van der Waals surface area (Å²) in [6.45, 7) is 0.440. The zero-order valence-corrected chi connectivity index (χ0v) is 7.33. The third-order valence-corrected chi connectivity index (χ3v) is 1.73. The Balaban J connectivity index is 2.73. The molecule has 0 aromatic carbocycles. The number of nitrogens with two attached hydrogens (primary N) is 1. The molecule has 4 heteroatoms. The van der Waals surface area contributed by atoms with E-state index < -0.39 is 6.10 Å². The van der Waals surface area contributed by atoms with Crippen LogP contribution in [0.2, 0.25) is 5.15 Å². The topological polar surface area (TPSA) is 59.1 Å². The first-order valence-electron chi connectivity index (χ1n) is 3.74. The predicted molar refractivity (Wildman–Crippen MR) is 47.9 cm³/mol. The molecule has 0 amide bonds. The number of pyridine rings is 1. The lowest BCUT2D eigenvalue weighted by Gasteiger charge is -2.07. The Morgan fingerprint density at radius 3 is 2.92 bits per heavy atom. The molecule has 0 spiro atoms. The Morgan fingerprint density at radius 1 is 1.58 bits per heavy atom. The number of aliphatic hydroxyl groups excluding tert-OH is 1. The van der Waals surface area contributed by atoms with Gasteiger partial charge in [0, 0.05) is 0 Å². The van der Waals surface area contributed by atoms with Crippen LogP contribution in [0.15, 0.2) is 18.2 Å². The average molecular weight is 187 g/mol. The lowest BCUT2D eigenvalue weighted by Crippen LogP contribution is -2.07. The Morgan fingerprint density at radius 2 is 2.33 bits per heavy atom. The Bertz CT molecular complexity index is 255. The minimum atomic E-state index is -0.603. The summed E-state index contributed by atoms with van der Waals surface area (Å²) in [7, 11) is 0. The largest absolute Gasteiger partial charge is 0.387 e. The van der Waals surface area contributed by atoms with Crippen molar-refractivity contribution in [3.63, 3.8) is 0 Å². The first kappa shape index (κ1) is 9.45. The Labute approximate surface area is 76.2 Å². The molecule has 1 heterocycles. The van der Waals surface area contributed by atoms with Gasteiger partial charge in [0.2, 0.25) is 0 Å². The highest BCUT2D eigenvalue weighted by Crippen LogP contribution is 2.15. The SMILES string of the molecule is NCCC(O)c1cccc(Cl)n1. The molecule has 1 aromatic heterocycles. The fourth-order valence-corrected chi connectivity index (χ4v) is 1.09. The highest BCUT2D eigenvalue weighted by molar-refractivity contribution is 6.29. The molecule has 3 nitrogen and oxygen atoms in total. The number of hydrogen-bond acceptors (Lipinski definition) is 3. The maximum Gasteiger partial charge on any atom is 0.129 e. The molecule has 1 atom stereocenters. The smallest absolute Gasteiger partial charge is 0.129 e. The van der Waals surface area contributed by atoms with Crippen LogP contribution in [-0.2, 0) is 0 Å². The highest BCUT2D eigenvalue weighted by Gasteiger charge is 2.07. The van der Waals surface area contributed by atoms with Gasteiger partial charge in [-0.2, -0.15) is 0 Å². The van der Waals surface area contributed by atoms with Crippen LogP contribution in [0, 0.1) is 0 Å². The quantitative estimate of drug-likeness (QED) is 0.696. The van der Waals surface area contributed by atoms with E-state index in [2.05, 4.69) is 4.98 Å². The molecule has 0 aliphatic heterocycles. The van der Waals surface area contributed by atoms with Crippen molar-refractivity contribution in [1.82, 2.24) is 4.98 Å². The summed E-state index contributed by atoms with van der Waals surface area (Å²) in [4.78, 5) is 3.95. The van der Waals surface area contributed by atoms with E-state index in [-0.39, 0.29) is 0 Å². The minimum Gasteiger partial charge on any atom is -0.387 e. The zero-order valence-electron chi connectivity index (χ0n) is 6.57. The van der Waals surface area contributed by atoms with Crippen LogP contribution in [0.4, 0.5) is 0 Å². The van der Waals surface area contributed by atoms with Crippen molar-refractivity contribution < 1.29 is 5.11 Å². The third-order valence-electron chi connectivity index (χ3n) is 1.52. The molecule has 0 fully saturated rings. The molecule has 1 aromatic rings. The zero-order chi connectivity index (χ0) is 8.97. The molecule has 0 aliphatic carbocycles. The van der Waals surface area contributed by atoms with E-state index in [9.17, 15) is 5.11 Å². The van der Waals surface area contributed by atoms with Crippen LogP contribution in [0.3, 0.4) is 0 Å². The van der Waals surface area contributed by atoms with E-state index in [1.807, 2.05) is 0 Å². The van der Waals surface area contributed by atoms with Gasteiger partial charge >= 0.3 is 0 Å². The van der Waals surface area contributed by atoms with Crippen molar-refractivity contribution in [2.75, 3.05) is 6.54 Å². The molecule has 66 valence electrons. The minimum absolute atomic E-state index is 0.392. The number of aliphatic hydroxyl groups is 1. The molecule has 3 N–H and O–H groups in total. The summed E-state index contributed by atoms with van der Waals surface area (Å²) in [6, 6.07) is 5.15. The predicted octanol–water partition coefficient (Wildman–Crippen LogP) is 1.12. The van der Waals surface area contributed by atoms with Gasteiger partial charge in [-0.3, -0.25) is 0 Å². The third kappa shape index (κ3) is 2.44. The van der Waals surface area contributed by atoms with Gasteiger partial charge in [-0.25, -0.2) is 4.98 Å². The Hall–Kier alpha value is -0.640. The molecule has 12 heavy (non-hydrogen) atoms. The van der Waals surface area contributed by atoms with Crippen LogP contribution in [0.5, 0.6) is 0 Å². The first-order chi connectivity index (χ1) is 5.74. The summed E-state index contributed by atoms with van der Waals surface area (Å²) in [5, 5.41) is 9.84. The van der Waals surface area contributed by atoms with Crippen molar-refractivity contribution in [3.05, 3.63) is 29.0 Å². The highest BCUT2D eigenvalue weighted by atomic mass is 35.5. The molecular weight excluding hydrogens is 176 g/mol. The van der Waals surface area contributed by atoms with Gasteiger partial charge in [0.15, 0.2) is 0 Å². The molecule has 1 unspecified atom stereocenters. The summed E-state index contributed by atoms with van der Waals surface area (Å²) in [5.74, 6) is 0. The molecule has 0 bridgehead atoms. The number of halogens is 1. The van der Waals surface area contributed by atoms with Crippen LogP contribution >= 0.6 is 11.6 Å². The van der Waals surface area contributed by atoms with Gasteiger partial charge in [-0.05, 0) is 25.1 Å². The molecule has 0 aliphatic rings. The van der Waals surface area contributed by atoms with Gasteiger partial charge in [0.1, 0.15) is 5.15 Å². The lowest BCUT2D eigenvalue weighted by atomic mass is 10.2. The van der Waals surface area contributed by atoms with Crippen molar-refractivity contribution in [2.24, 2.45) is 5.73 Å². The van der Waals surface area contributed by atoms with Crippen LogP contribution in [-0.4, -0.2) is 16.6 Å². The van der Waals surface area contributed by atoms with E-state index in [4.69, 9.17) is 17.3 Å². The molecule has 1 rings (SSSR count). The average Bonchev–Trinajstić information content (AvgIpc) is 2.05. The summed E-state index contributed by atoms with van der Waals surface area (Å²) in [6.07, 6.45) is -0.0958. The van der Waals surface area contributed by atoms with Gasteiger partial charge in [-0.1, -0.05) is 17.7 Å². The fraction of sp³-hybridized carbons (Fsp3) is 0.375. The first-order valence-corrected chi connectivity index (χ1v) is 4.12. The second-order valence-corrected chi connectivity index (χ2v) is 2.87. The number of nitrogens with zero attached hydrogens (tertiary/aromatic N) is 1. The monoisotopic (exact) mass is 186 g/mol. The van der Waals surface area contributed by atoms with E-state index in [1.54, 1.807) is 18.2 Å². The van der Waals surface area contributed by atoms with Crippen molar-refractivity contribution in [3.8, 4) is 0 Å². The fourth-order valence-electron chi connectivity index (χ4n) is 0.915. The van der Waals surface area contributed by atoms with E-state index in [0.29, 0.717) is 23.8 Å². The van der Waals surface area contributed by atoms with Gasteiger partial charge in [-0.15, -0.1) is 0 Å². The summed E-state index contributed by atoms with van der Waals surface area (Å²) in [5.41, 5.74) is 5.86. The summed E-state index contributed by atoms with van der Waals surface area (Å²) < 4.78 is 0. The molecular formula is C8H11ClN2O. The van der Waals surface area contributed by atoms with Crippen molar-refractivity contribution in [2.45, 2.75) is 12.5 Å². The van der Waals surface area contributed by atoms with Crippen LogP contribution < -0.4 is 5.73 Å². The van der Waals surface area contributed by atoms with Gasteiger partial charge in [0.25, 0.3) is 0 Å². The number of aromatic nitrogens is 1. The summed E-state index contributed by atoms with van der Waals surface area (Å²) >= 11 is 5.64. The standard InChI is InChI=1S/C8H11ClN2O/c9-8-3-1-2-6(11-8)7(12)4-5-10/h1-3,7,12H,4-5,10H2. The maximum absolute atomic E-state index is 9.44. The lowest BCUT2D eigenvalue weighted by molar-refractivity contribution is 0.165. The van der Waals surface area contributed by atoms with Gasteiger partial charge in [0.05, 0.1) is 11.8 Å². The second-order valence-electron chi connectivity index (χ2n) is 2.48. The molecule has 0 radical (unpaired) electrons. The number of hydrogen-bond donors (Lipinski definition) is 2. The molecule has 0 saturated heterocycles. The second kappa shape index (κ2) is 4.40. The van der Waals surface area contributed by atoms with Crippen molar-refractivity contribution >= 4 is 11.6 Å². The molecule has 0 saturated carbocycles. The maximum atomic E-state index is 9.44. The Kier molecular flexibility index (Phi) is 3.47. The van der Waals surface area contributed by atoms with Gasteiger partial charge < -0.3 is 10.8 Å². The van der Waals surface area contributed by atoms with E-state index in [1.165, 1.54) is 0 Å². The van der Waals surface area contributed by atoms with Crippen LogP contribution in [0.25, 0.3) is 0 Å².